The minimum Gasteiger partial charge on any atom is -0.469 e. The number of carbonyl (C=O) groups excluding carboxylic acids is 2. The molecule has 4 rings (SSSR count). The van der Waals surface area contributed by atoms with Crippen molar-refractivity contribution in [1.82, 2.24) is 0 Å². The Morgan fingerprint density at radius 1 is 1.21 bits per heavy atom. The molecule has 0 bridgehead atoms. The van der Waals surface area contributed by atoms with E-state index in [1.165, 1.54) is 51.2 Å². The first-order valence-corrected chi connectivity index (χ1v) is 12.0. The van der Waals surface area contributed by atoms with Gasteiger partial charge < -0.3 is 4.74 Å². The summed E-state index contributed by atoms with van der Waals surface area (Å²) in [7, 11) is 1.46. The Bertz CT molecular complexity index is 709. The summed E-state index contributed by atoms with van der Waals surface area (Å²) in [6.45, 7) is 9.38. The van der Waals surface area contributed by atoms with Gasteiger partial charge in [0.05, 0.1) is 7.11 Å². The second-order valence-corrected chi connectivity index (χ2v) is 11.3. The molecule has 0 aromatic rings. The molecule has 3 unspecified atom stereocenters. The van der Waals surface area contributed by atoms with E-state index in [1.54, 1.807) is 0 Å². The summed E-state index contributed by atoms with van der Waals surface area (Å²) in [6, 6.07) is 0. The van der Waals surface area contributed by atoms with E-state index in [2.05, 4.69) is 33.8 Å². The van der Waals surface area contributed by atoms with Crippen molar-refractivity contribution in [1.29, 1.82) is 0 Å². The number of ketones is 1. The largest absolute Gasteiger partial charge is 0.469 e. The summed E-state index contributed by atoms with van der Waals surface area (Å²) in [4.78, 5) is 25.3. The fourth-order valence-corrected chi connectivity index (χ4v) is 8.12. The van der Waals surface area contributed by atoms with Crippen molar-refractivity contribution < 1.29 is 14.3 Å². The molecule has 4 aliphatic rings. The molecule has 0 N–H and O–H groups in total. The van der Waals surface area contributed by atoms with Gasteiger partial charge in [-0.1, -0.05) is 33.3 Å². The van der Waals surface area contributed by atoms with Gasteiger partial charge in [-0.25, -0.2) is 0 Å². The van der Waals surface area contributed by atoms with Crippen molar-refractivity contribution >= 4 is 11.8 Å². The lowest BCUT2D eigenvalue weighted by Gasteiger charge is -2.56. The van der Waals surface area contributed by atoms with Crippen LogP contribution in [0.2, 0.25) is 0 Å². The third-order valence-corrected chi connectivity index (χ3v) is 9.98. The highest BCUT2D eigenvalue weighted by Crippen LogP contribution is 2.65. The Kier molecular flexibility index (Phi) is 5.49. The van der Waals surface area contributed by atoms with Gasteiger partial charge in [0.1, 0.15) is 0 Å². The number of fused-ring (bicyclic) bond motifs is 5. The smallest absolute Gasteiger partial charge is 0.305 e. The van der Waals surface area contributed by atoms with Crippen molar-refractivity contribution in [2.24, 2.45) is 46.3 Å². The second kappa shape index (κ2) is 7.54. The number of carbonyl (C=O) groups is 2. The van der Waals surface area contributed by atoms with Gasteiger partial charge in [0.25, 0.3) is 0 Å². The van der Waals surface area contributed by atoms with Gasteiger partial charge in [-0.15, -0.1) is 0 Å². The third-order valence-electron chi connectivity index (χ3n) is 9.98. The summed E-state index contributed by atoms with van der Waals surface area (Å²) in [6.07, 6.45) is 12.2. The van der Waals surface area contributed by atoms with Gasteiger partial charge in [0, 0.05) is 11.8 Å². The first kappa shape index (κ1) is 21.1. The zero-order chi connectivity index (χ0) is 21.0. The molecular formula is C26H40O3. The van der Waals surface area contributed by atoms with Crippen LogP contribution in [-0.2, 0) is 14.3 Å². The second-order valence-electron chi connectivity index (χ2n) is 11.3. The maximum atomic E-state index is 13.7. The number of allylic oxidation sites excluding steroid dienone is 2. The van der Waals surface area contributed by atoms with Gasteiger partial charge in [-0.2, -0.15) is 0 Å². The fraction of sp³-hybridized carbons (Fsp3) is 0.846. The highest BCUT2D eigenvalue weighted by molar-refractivity contribution is 5.97. The molecule has 0 aliphatic heterocycles. The number of methoxy groups -OCH3 is 1. The number of ether oxygens (including phenoxy) is 1. The van der Waals surface area contributed by atoms with Crippen LogP contribution in [0.25, 0.3) is 0 Å². The van der Waals surface area contributed by atoms with E-state index in [4.69, 9.17) is 4.74 Å². The molecule has 0 spiro atoms. The molecule has 0 saturated heterocycles. The van der Waals surface area contributed by atoms with Crippen LogP contribution in [0.4, 0.5) is 0 Å². The minimum atomic E-state index is -0.241. The van der Waals surface area contributed by atoms with Gasteiger partial charge in [-0.05, 0) is 98.4 Å². The van der Waals surface area contributed by atoms with Crippen LogP contribution in [0.5, 0.6) is 0 Å². The Morgan fingerprint density at radius 2 is 1.97 bits per heavy atom. The van der Waals surface area contributed by atoms with Crippen LogP contribution in [0, 0.1) is 46.3 Å². The van der Waals surface area contributed by atoms with Crippen molar-refractivity contribution in [2.45, 2.75) is 85.5 Å². The Morgan fingerprint density at radius 3 is 2.69 bits per heavy atom. The lowest BCUT2D eigenvalue weighted by Crippen LogP contribution is -2.51. The molecule has 162 valence electrons. The summed E-state index contributed by atoms with van der Waals surface area (Å²) < 4.78 is 4.84. The van der Waals surface area contributed by atoms with E-state index in [0.717, 1.165) is 24.7 Å². The third kappa shape index (κ3) is 3.22. The zero-order valence-electron chi connectivity index (χ0n) is 19.1. The normalized spacial score (nSPS) is 44.9. The van der Waals surface area contributed by atoms with Crippen LogP contribution in [0.1, 0.15) is 85.5 Å². The van der Waals surface area contributed by atoms with Crippen LogP contribution in [0.15, 0.2) is 11.6 Å². The van der Waals surface area contributed by atoms with Crippen LogP contribution < -0.4 is 0 Å². The lowest BCUT2D eigenvalue weighted by atomic mass is 9.47. The summed E-state index contributed by atoms with van der Waals surface area (Å²) in [5.41, 5.74) is 1.53. The van der Waals surface area contributed by atoms with Crippen LogP contribution in [0.3, 0.4) is 0 Å². The quantitative estimate of drug-likeness (QED) is 0.546. The Labute approximate surface area is 177 Å². The van der Waals surface area contributed by atoms with Gasteiger partial charge >= 0.3 is 5.97 Å². The topological polar surface area (TPSA) is 43.4 Å². The predicted octanol–water partition coefficient (Wildman–Crippen LogP) is 5.97. The maximum absolute atomic E-state index is 13.7. The average molecular weight is 401 g/mol. The summed E-state index contributed by atoms with van der Waals surface area (Å²) in [5.74, 6) is 3.73. The molecule has 0 aromatic heterocycles. The number of hydrogen-bond donors (Lipinski definition) is 0. The first-order valence-electron chi connectivity index (χ1n) is 12.0. The predicted molar refractivity (Wildman–Crippen MR) is 115 cm³/mol. The minimum absolute atomic E-state index is 0.133. The Balaban J connectivity index is 1.60. The van der Waals surface area contributed by atoms with E-state index in [0.29, 0.717) is 35.9 Å². The van der Waals surface area contributed by atoms with Gasteiger partial charge in [0.15, 0.2) is 5.78 Å². The molecule has 3 heteroatoms. The number of rotatable bonds is 4. The highest BCUT2D eigenvalue weighted by atomic mass is 16.5. The van der Waals surface area contributed by atoms with E-state index in [9.17, 15) is 9.59 Å². The van der Waals surface area contributed by atoms with Crippen molar-refractivity contribution in [3.63, 3.8) is 0 Å². The SMILES string of the molecule is COC(=O)CC[C@@H](C)C1CCC2C3CC[C@@H]4C[C@H](C)CC[C@]4(C)C3=CC(=O)[C@@]21C. The van der Waals surface area contributed by atoms with E-state index in [-0.39, 0.29) is 16.8 Å². The molecule has 3 fully saturated rings. The number of hydrogen-bond acceptors (Lipinski definition) is 3. The van der Waals surface area contributed by atoms with E-state index >= 15 is 0 Å². The first-order chi connectivity index (χ1) is 13.7. The molecular weight excluding hydrogens is 360 g/mol. The Hall–Kier alpha value is -1.12. The molecule has 3 nitrogen and oxygen atoms in total. The molecule has 0 aromatic carbocycles. The lowest BCUT2D eigenvalue weighted by molar-refractivity contribution is -0.141. The van der Waals surface area contributed by atoms with Crippen molar-refractivity contribution in [3.8, 4) is 0 Å². The molecule has 29 heavy (non-hydrogen) atoms. The standard InChI is InChI=1S/C26H40O3/c1-16-12-13-25(3)18(14-16)7-8-19-21-10-9-20(17(2)6-11-24(28)29-5)26(21,4)23(27)15-22(19)25/h15-21H,6-14H2,1-5H3/t16-,17-,18-,19?,20?,21?,25+,26-/m1/s1. The molecule has 4 aliphatic carbocycles. The maximum Gasteiger partial charge on any atom is 0.305 e. The summed E-state index contributed by atoms with van der Waals surface area (Å²) >= 11 is 0. The fourth-order valence-electron chi connectivity index (χ4n) is 8.12. The average Bonchev–Trinajstić information content (AvgIpc) is 3.06. The number of esters is 1. The van der Waals surface area contributed by atoms with Crippen LogP contribution >= 0.6 is 0 Å². The van der Waals surface area contributed by atoms with E-state index < -0.39 is 0 Å². The van der Waals surface area contributed by atoms with Crippen molar-refractivity contribution in [3.05, 3.63) is 11.6 Å². The molecule has 8 atom stereocenters. The summed E-state index contributed by atoms with van der Waals surface area (Å²) in [5, 5.41) is 0. The highest BCUT2D eigenvalue weighted by Gasteiger charge is 2.60. The van der Waals surface area contributed by atoms with Crippen molar-refractivity contribution in [2.75, 3.05) is 7.11 Å². The monoisotopic (exact) mass is 400 g/mol. The molecule has 0 amide bonds. The van der Waals surface area contributed by atoms with Gasteiger partial charge in [0.2, 0.25) is 0 Å². The zero-order valence-corrected chi connectivity index (χ0v) is 19.1. The molecule has 0 heterocycles. The van der Waals surface area contributed by atoms with Gasteiger partial charge in [-0.3, -0.25) is 9.59 Å². The molecule has 0 radical (unpaired) electrons. The van der Waals surface area contributed by atoms with E-state index in [1.807, 2.05) is 0 Å². The van der Waals surface area contributed by atoms with Crippen LogP contribution in [-0.4, -0.2) is 18.9 Å². The molecule has 3 saturated carbocycles.